The van der Waals surface area contributed by atoms with Crippen molar-refractivity contribution >= 4 is 11.9 Å². The molecule has 5 nitrogen and oxygen atoms in total. The van der Waals surface area contributed by atoms with Gasteiger partial charge in [0.15, 0.2) is 0 Å². The van der Waals surface area contributed by atoms with Gasteiger partial charge in [0.25, 0.3) is 0 Å². The van der Waals surface area contributed by atoms with Gasteiger partial charge >= 0.3 is 5.97 Å². The molecule has 0 aromatic carbocycles. The number of nitrogens with two attached hydrogens (primary N) is 1. The average Bonchev–Trinajstić information content (AvgIpc) is 2.62. The number of amides is 1. The predicted molar refractivity (Wildman–Crippen MR) is 39.1 cm³/mol. The first-order valence-electron chi connectivity index (χ1n) is 3.65. The lowest BCUT2D eigenvalue weighted by Crippen LogP contribution is -2.29. The van der Waals surface area contributed by atoms with Crippen LogP contribution in [0.25, 0.3) is 0 Å². The quantitative estimate of drug-likeness (QED) is 0.504. The van der Waals surface area contributed by atoms with Gasteiger partial charge in [0, 0.05) is 6.61 Å². The van der Waals surface area contributed by atoms with Gasteiger partial charge in [-0.05, 0) is 12.3 Å². The number of primary amides is 1. The second kappa shape index (κ2) is 2.75. The summed E-state index contributed by atoms with van der Waals surface area (Å²) in [5, 5.41) is 17.2. The highest BCUT2D eigenvalue weighted by Crippen LogP contribution is 2.54. The van der Waals surface area contributed by atoms with Gasteiger partial charge in [0.2, 0.25) is 5.91 Å². The molecule has 1 saturated carbocycles. The number of aliphatic hydroxyl groups excluding tert-OH is 1. The highest BCUT2D eigenvalue weighted by Gasteiger charge is 2.59. The number of aliphatic hydroxyl groups is 1. The molecule has 1 amide bonds. The van der Waals surface area contributed by atoms with E-state index in [0.717, 1.165) is 0 Å². The maximum absolute atomic E-state index is 10.8. The fourth-order valence-corrected chi connectivity index (χ4v) is 1.50. The third-order valence-electron chi connectivity index (χ3n) is 2.41. The van der Waals surface area contributed by atoms with Gasteiger partial charge in [0.1, 0.15) is 0 Å². The third kappa shape index (κ3) is 1.27. The topological polar surface area (TPSA) is 101 Å². The van der Waals surface area contributed by atoms with Gasteiger partial charge in [-0.15, -0.1) is 0 Å². The SMILES string of the molecule is NC(=O)C1(CC(=O)O)CC1CO. The Labute approximate surface area is 69.2 Å². The number of hydrogen-bond donors (Lipinski definition) is 3. The summed E-state index contributed by atoms with van der Waals surface area (Å²) in [6, 6.07) is 0. The van der Waals surface area contributed by atoms with Crippen LogP contribution in [0.15, 0.2) is 0 Å². The second-order valence-corrected chi connectivity index (χ2v) is 3.17. The molecule has 2 atom stereocenters. The Kier molecular flexibility index (Phi) is 2.06. The summed E-state index contributed by atoms with van der Waals surface area (Å²) >= 11 is 0. The van der Waals surface area contributed by atoms with Crippen molar-refractivity contribution in [3.8, 4) is 0 Å². The fourth-order valence-electron chi connectivity index (χ4n) is 1.50. The first kappa shape index (κ1) is 8.99. The molecule has 68 valence electrons. The monoisotopic (exact) mass is 173 g/mol. The van der Waals surface area contributed by atoms with Gasteiger partial charge in [-0.1, -0.05) is 0 Å². The number of carbonyl (C=O) groups is 2. The predicted octanol–water partition coefficient (Wildman–Crippen LogP) is -1.06. The molecule has 5 heteroatoms. The number of aliphatic carboxylic acids is 1. The number of carbonyl (C=O) groups excluding carboxylic acids is 1. The molecule has 0 spiro atoms. The van der Waals surface area contributed by atoms with Crippen molar-refractivity contribution in [1.82, 2.24) is 0 Å². The fraction of sp³-hybridized carbons (Fsp3) is 0.714. The highest BCUT2D eigenvalue weighted by atomic mass is 16.4. The third-order valence-corrected chi connectivity index (χ3v) is 2.41. The van der Waals surface area contributed by atoms with Crippen molar-refractivity contribution in [2.75, 3.05) is 6.61 Å². The number of carboxylic acids is 1. The van der Waals surface area contributed by atoms with Crippen LogP contribution in [-0.2, 0) is 9.59 Å². The van der Waals surface area contributed by atoms with Crippen molar-refractivity contribution in [3.05, 3.63) is 0 Å². The molecular formula is C7H11NO4. The zero-order valence-corrected chi connectivity index (χ0v) is 6.49. The van der Waals surface area contributed by atoms with Crippen LogP contribution in [0.3, 0.4) is 0 Å². The lowest BCUT2D eigenvalue weighted by Gasteiger charge is -2.08. The van der Waals surface area contributed by atoms with E-state index < -0.39 is 17.3 Å². The van der Waals surface area contributed by atoms with E-state index in [2.05, 4.69) is 0 Å². The van der Waals surface area contributed by atoms with E-state index in [1.54, 1.807) is 0 Å². The van der Waals surface area contributed by atoms with Crippen molar-refractivity contribution in [3.63, 3.8) is 0 Å². The number of hydrogen-bond acceptors (Lipinski definition) is 3. The Morgan fingerprint density at radius 1 is 1.58 bits per heavy atom. The van der Waals surface area contributed by atoms with Crippen LogP contribution in [0.1, 0.15) is 12.8 Å². The van der Waals surface area contributed by atoms with Gasteiger partial charge in [0.05, 0.1) is 11.8 Å². The molecule has 1 aliphatic rings. The maximum Gasteiger partial charge on any atom is 0.304 e. The zero-order valence-electron chi connectivity index (χ0n) is 6.49. The van der Waals surface area contributed by atoms with E-state index in [1.165, 1.54) is 0 Å². The summed E-state index contributed by atoms with van der Waals surface area (Å²) in [6.45, 7) is -0.170. The Bertz CT molecular complexity index is 227. The molecule has 0 aliphatic heterocycles. The summed E-state index contributed by atoms with van der Waals surface area (Å²) in [5.74, 6) is -1.93. The Morgan fingerprint density at radius 2 is 2.17 bits per heavy atom. The summed E-state index contributed by atoms with van der Waals surface area (Å²) in [7, 11) is 0. The van der Waals surface area contributed by atoms with Crippen molar-refractivity contribution in [2.24, 2.45) is 17.1 Å². The summed E-state index contributed by atoms with van der Waals surface area (Å²) in [5.41, 5.74) is 4.06. The second-order valence-electron chi connectivity index (χ2n) is 3.17. The van der Waals surface area contributed by atoms with Crippen LogP contribution in [0.5, 0.6) is 0 Å². The average molecular weight is 173 g/mol. The van der Waals surface area contributed by atoms with E-state index >= 15 is 0 Å². The van der Waals surface area contributed by atoms with Crippen LogP contribution in [0.2, 0.25) is 0 Å². The van der Waals surface area contributed by atoms with E-state index in [4.69, 9.17) is 15.9 Å². The van der Waals surface area contributed by atoms with Gasteiger partial charge in [-0.2, -0.15) is 0 Å². The molecule has 0 aromatic rings. The van der Waals surface area contributed by atoms with E-state index in [9.17, 15) is 9.59 Å². The number of rotatable bonds is 4. The highest BCUT2D eigenvalue weighted by molar-refractivity contribution is 5.88. The lowest BCUT2D eigenvalue weighted by atomic mass is 9.99. The van der Waals surface area contributed by atoms with Crippen LogP contribution in [0, 0.1) is 11.3 Å². The first-order chi connectivity index (χ1) is 5.53. The largest absolute Gasteiger partial charge is 0.481 e. The van der Waals surface area contributed by atoms with Crippen molar-refractivity contribution in [2.45, 2.75) is 12.8 Å². The van der Waals surface area contributed by atoms with Crippen LogP contribution in [0.4, 0.5) is 0 Å². The Balaban J connectivity index is 2.65. The summed E-state index contributed by atoms with van der Waals surface area (Å²) in [4.78, 5) is 21.2. The molecule has 4 N–H and O–H groups in total. The van der Waals surface area contributed by atoms with Crippen molar-refractivity contribution < 1.29 is 19.8 Å². The minimum Gasteiger partial charge on any atom is -0.481 e. The first-order valence-corrected chi connectivity index (χ1v) is 3.65. The van der Waals surface area contributed by atoms with Gasteiger partial charge < -0.3 is 15.9 Å². The van der Waals surface area contributed by atoms with Crippen LogP contribution < -0.4 is 5.73 Å². The zero-order chi connectivity index (χ0) is 9.35. The molecule has 1 rings (SSSR count). The van der Waals surface area contributed by atoms with E-state index in [0.29, 0.717) is 6.42 Å². The normalized spacial score (nSPS) is 32.9. The van der Waals surface area contributed by atoms with Crippen molar-refractivity contribution in [1.29, 1.82) is 0 Å². The minimum atomic E-state index is -1.05. The van der Waals surface area contributed by atoms with Gasteiger partial charge in [-0.25, -0.2) is 0 Å². The molecular weight excluding hydrogens is 162 g/mol. The van der Waals surface area contributed by atoms with E-state index in [-0.39, 0.29) is 18.9 Å². The van der Waals surface area contributed by atoms with Crippen LogP contribution in [-0.4, -0.2) is 28.7 Å². The Hall–Kier alpha value is -1.10. The lowest BCUT2D eigenvalue weighted by molar-refractivity contribution is -0.141. The standard InChI is InChI=1S/C7H11NO4/c8-6(12)7(2-5(10)11)1-4(7)3-9/h4,9H,1-3H2,(H2,8,12)(H,10,11). The molecule has 1 aliphatic carbocycles. The Morgan fingerprint density at radius 3 is 2.42 bits per heavy atom. The minimum absolute atomic E-state index is 0.170. The molecule has 1 fully saturated rings. The molecule has 0 saturated heterocycles. The molecule has 0 aromatic heterocycles. The molecule has 0 bridgehead atoms. The molecule has 0 heterocycles. The summed E-state index contributed by atoms with van der Waals surface area (Å²) < 4.78 is 0. The van der Waals surface area contributed by atoms with Gasteiger partial charge in [-0.3, -0.25) is 9.59 Å². The molecule has 0 radical (unpaired) electrons. The van der Waals surface area contributed by atoms with Crippen LogP contribution >= 0.6 is 0 Å². The molecule has 2 unspecified atom stereocenters. The molecule has 12 heavy (non-hydrogen) atoms. The smallest absolute Gasteiger partial charge is 0.304 e. The number of carboxylic acid groups (broad SMARTS) is 1. The summed E-state index contributed by atoms with van der Waals surface area (Å²) in [6.07, 6.45) is 0.124. The van der Waals surface area contributed by atoms with E-state index in [1.807, 2.05) is 0 Å². The maximum atomic E-state index is 10.8.